The summed E-state index contributed by atoms with van der Waals surface area (Å²) in [7, 11) is 1.64. The summed E-state index contributed by atoms with van der Waals surface area (Å²) in [6.07, 6.45) is 6.11. The van der Waals surface area contributed by atoms with E-state index in [9.17, 15) is 4.79 Å². The van der Waals surface area contributed by atoms with Crippen LogP contribution in [0.5, 0.6) is 5.75 Å². The molecule has 0 amide bonds. The summed E-state index contributed by atoms with van der Waals surface area (Å²) in [5.41, 5.74) is 3.88. The molecule has 4 rings (SSSR count). The molecule has 0 aliphatic heterocycles. The molecule has 0 saturated heterocycles. The summed E-state index contributed by atoms with van der Waals surface area (Å²) in [4.78, 5) is 12.1. The second-order valence-corrected chi connectivity index (χ2v) is 6.41. The third-order valence-corrected chi connectivity index (χ3v) is 5.36. The van der Waals surface area contributed by atoms with E-state index in [4.69, 9.17) is 16.3 Å². The molecule has 3 aliphatic carbocycles. The quantitative estimate of drug-likeness (QED) is 0.781. The molecule has 19 heavy (non-hydrogen) atoms. The van der Waals surface area contributed by atoms with E-state index < -0.39 is 0 Å². The van der Waals surface area contributed by atoms with Crippen LogP contribution in [0.4, 0.5) is 0 Å². The maximum absolute atomic E-state index is 12.1. The zero-order valence-corrected chi connectivity index (χ0v) is 11.6. The van der Waals surface area contributed by atoms with Crippen LogP contribution in [0.15, 0.2) is 18.2 Å². The maximum atomic E-state index is 12.1. The van der Waals surface area contributed by atoms with E-state index in [2.05, 4.69) is 0 Å². The molecule has 3 aliphatic rings. The predicted molar refractivity (Wildman–Crippen MR) is 74.5 cm³/mol. The molecule has 3 heteroatoms. The van der Waals surface area contributed by atoms with Gasteiger partial charge >= 0.3 is 0 Å². The first kappa shape index (κ1) is 11.5. The fourth-order valence-corrected chi connectivity index (χ4v) is 4.40. The third kappa shape index (κ3) is 1.41. The Hall–Kier alpha value is -1.28. The summed E-state index contributed by atoms with van der Waals surface area (Å²) in [6, 6.07) is 4.02. The van der Waals surface area contributed by atoms with Crippen LogP contribution in [0.3, 0.4) is 0 Å². The Bertz CT molecular complexity index is 632. The Morgan fingerprint density at radius 1 is 1.42 bits per heavy atom. The zero-order chi connectivity index (χ0) is 13.2. The molecule has 0 N–H and O–H groups in total. The van der Waals surface area contributed by atoms with Crippen LogP contribution in [-0.4, -0.2) is 12.9 Å². The molecule has 1 saturated carbocycles. The van der Waals surface area contributed by atoms with Gasteiger partial charge in [-0.2, -0.15) is 0 Å². The monoisotopic (exact) mass is 274 g/mol. The summed E-state index contributed by atoms with van der Waals surface area (Å²) < 4.78 is 5.30. The van der Waals surface area contributed by atoms with E-state index in [0.29, 0.717) is 10.8 Å². The second-order valence-electron chi connectivity index (χ2n) is 6.00. The van der Waals surface area contributed by atoms with Gasteiger partial charge in [0, 0.05) is 11.3 Å². The van der Waals surface area contributed by atoms with Gasteiger partial charge in [-0.3, -0.25) is 4.79 Å². The van der Waals surface area contributed by atoms with Crippen molar-refractivity contribution in [3.8, 4) is 5.75 Å². The lowest BCUT2D eigenvalue weighted by Gasteiger charge is -2.28. The van der Waals surface area contributed by atoms with Gasteiger partial charge < -0.3 is 4.74 Å². The molecule has 1 aromatic carbocycles. The van der Waals surface area contributed by atoms with Crippen molar-refractivity contribution < 1.29 is 9.53 Å². The highest BCUT2D eigenvalue weighted by molar-refractivity contribution is 6.32. The van der Waals surface area contributed by atoms with Crippen molar-refractivity contribution in [3.05, 3.63) is 34.4 Å². The van der Waals surface area contributed by atoms with Crippen LogP contribution in [-0.2, 0) is 11.2 Å². The van der Waals surface area contributed by atoms with Gasteiger partial charge in [0.1, 0.15) is 5.75 Å². The van der Waals surface area contributed by atoms with Gasteiger partial charge in [-0.25, -0.2) is 0 Å². The molecular weight excluding hydrogens is 260 g/mol. The van der Waals surface area contributed by atoms with Crippen LogP contribution in [0.1, 0.15) is 30.4 Å². The summed E-state index contributed by atoms with van der Waals surface area (Å²) in [6.45, 7) is 0. The molecule has 0 unspecified atom stereocenters. The molecule has 0 heterocycles. The first-order valence-corrected chi connectivity index (χ1v) is 7.13. The number of allylic oxidation sites excluding steroid dienone is 2. The predicted octanol–water partition coefficient (Wildman–Crippen LogP) is 3.66. The molecule has 98 valence electrons. The van der Waals surface area contributed by atoms with Gasteiger partial charge in [-0.05, 0) is 60.6 Å². The Morgan fingerprint density at radius 2 is 2.26 bits per heavy atom. The number of ether oxygens (including phenoxy) is 1. The van der Waals surface area contributed by atoms with Crippen LogP contribution in [0.25, 0.3) is 5.57 Å². The Morgan fingerprint density at radius 3 is 3.05 bits per heavy atom. The smallest absolute Gasteiger partial charge is 0.159 e. The molecule has 2 bridgehead atoms. The SMILES string of the molecule is COc1cc2c(cc1Cl)C1=CC(=O)[C@@H]3CC[C@@]1(C2)C3. The minimum atomic E-state index is 0.205. The van der Waals surface area contributed by atoms with Gasteiger partial charge in [-0.15, -0.1) is 0 Å². The normalized spacial score (nSPS) is 30.9. The lowest BCUT2D eigenvalue weighted by molar-refractivity contribution is -0.118. The molecule has 2 nitrogen and oxygen atoms in total. The highest BCUT2D eigenvalue weighted by atomic mass is 35.5. The number of hydrogen-bond donors (Lipinski definition) is 0. The number of carbonyl (C=O) groups excluding carboxylic acids is 1. The number of carbonyl (C=O) groups is 1. The molecule has 2 atom stereocenters. The minimum absolute atomic E-state index is 0.205. The molecular formula is C16H15ClO2. The number of rotatable bonds is 1. The Kier molecular flexibility index (Phi) is 2.21. The van der Waals surface area contributed by atoms with Crippen molar-refractivity contribution in [2.24, 2.45) is 11.3 Å². The number of fused-ring (bicyclic) bond motifs is 3. The minimum Gasteiger partial charge on any atom is -0.495 e. The van der Waals surface area contributed by atoms with Crippen molar-refractivity contribution in [2.45, 2.75) is 25.7 Å². The van der Waals surface area contributed by atoms with Crippen molar-refractivity contribution in [3.63, 3.8) is 0 Å². The maximum Gasteiger partial charge on any atom is 0.159 e. The molecule has 0 aromatic heterocycles. The highest BCUT2D eigenvalue weighted by Gasteiger charge is 2.51. The number of methoxy groups -OCH3 is 1. The zero-order valence-electron chi connectivity index (χ0n) is 10.8. The highest BCUT2D eigenvalue weighted by Crippen LogP contribution is 2.61. The Balaban J connectivity index is 1.92. The van der Waals surface area contributed by atoms with Gasteiger partial charge in [0.25, 0.3) is 0 Å². The van der Waals surface area contributed by atoms with Crippen molar-refractivity contribution >= 4 is 23.0 Å². The third-order valence-electron chi connectivity index (χ3n) is 5.07. The fraction of sp³-hybridized carbons (Fsp3) is 0.438. The van der Waals surface area contributed by atoms with E-state index in [0.717, 1.165) is 31.4 Å². The lowest BCUT2D eigenvalue weighted by atomic mass is 9.74. The lowest BCUT2D eigenvalue weighted by Crippen LogP contribution is -2.23. The summed E-state index contributed by atoms with van der Waals surface area (Å²) in [5.74, 6) is 1.30. The number of halogens is 1. The van der Waals surface area contributed by atoms with Crippen molar-refractivity contribution in [1.82, 2.24) is 0 Å². The number of ketones is 1. The van der Waals surface area contributed by atoms with Gasteiger partial charge in [0.2, 0.25) is 0 Å². The van der Waals surface area contributed by atoms with Crippen molar-refractivity contribution in [1.29, 1.82) is 0 Å². The van der Waals surface area contributed by atoms with Crippen LogP contribution in [0, 0.1) is 11.3 Å². The first-order valence-electron chi connectivity index (χ1n) is 6.76. The molecule has 1 spiro atoms. The van der Waals surface area contributed by atoms with E-state index in [1.54, 1.807) is 7.11 Å². The van der Waals surface area contributed by atoms with Crippen molar-refractivity contribution in [2.75, 3.05) is 7.11 Å². The fourth-order valence-electron chi connectivity index (χ4n) is 4.16. The first-order chi connectivity index (χ1) is 9.13. The number of hydrogen-bond acceptors (Lipinski definition) is 2. The topological polar surface area (TPSA) is 26.3 Å². The van der Waals surface area contributed by atoms with Gasteiger partial charge in [-0.1, -0.05) is 11.6 Å². The molecule has 1 fully saturated rings. The second kappa shape index (κ2) is 3.63. The van der Waals surface area contributed by atoms with E-state index in [1.807, 2.05) is 18.2 Å². The van der Waals surface area contributed by atoms with E-state index in [1.165, 1.54) is 16.7 Å². The number of benzene rings is 1. The average molecular weight is 275 g/mol. The summed E-state index contributed by atoms with van der Waals surface area (Å²) in [5, 5.41) is 0.631. The Labute approximate surface area is 117 Å². The van der Waals surface area contributed by atoms with Crippen LogP contribution in [0.2, 0.25) is 5.02 Å². The standard InChI is InChI=1S/C16H15ClO2/c1-19-15-4-10-8-16-3-2-9(7-16)14(18)6-12(16)11(10)5-13(15)17/h4-6,9H,2-3,7-8H2,1H3/t9-,16+/m1/s1. The van der Waals surface area contributed by atoms with E-state index in [-0.39, 0.29) is 11.3 Å². The van der Waals surface area contributed by atoms with Crippen LogP contribution < -0.4 is 4.74 Å². The van der Waals surface area contributed by atoms with E-state index >= 15 is 0 Å². The molecule has 0 radical (unpaired) electrons. The molecule has 1 aromatic rings. The summed E-state index contributed by atoms with van der Waals surface area (Å²) >= 11 is 6.24. The largest absolute Gasteiger partial charge is 0.495 e. The van der Waals surface area contributed by atoms with Crippen LogP contribution >= 0.6 is 11.6 Å². The average Bonchev–Trinajstić information content (AvgIpc) is 2.90. The van der Waals surface area contributed by atoms with Gasteiger partial charge in [0.05, 0.1) is 12.1 Å². The van der Waals surface area contributed by atoms with Gasteiger partial charge in [0.15, 0.2) is 5.78 Å².